The SMILES string of the molecule is CC(C)Cc1nc(C2CCC3CCCCC3N2)n(C)n1. The van der Waals surface area contributed by atoms with Gasteiger partial charge in [-0.1, -0.05) is 26.7 Å². The Kier molecular flexibility index (Phi) is 4.11. The minimum Gasteiger partial charge on any atom is -0.304 e. The Morgan fingerprint density at radius 2 is 2.00 bits per heavy atom. The molecule has 0 spiro atoms. The molecule has 0 radical (unpaired) electrons. The number of rotatable bonds is 3. The number of aromatic nitrogens is 3. The number of nitrogens with zero attached hydrogens (tertiary/aromatic N) is 3. The molecule has 2 heterocycles. The van der Waals surface area contributed by atoms with Crippen molar-refractivity contribution in [2.45, 2.75) is 70.9 Å². The zero-order chi connectivity index (χ0) is 14.1. The fourth-order valence-corrected chi connectivity index (χ4v) is 3.91. The lowest BCUT2D eigenvalue weighted by Gasteiger charge is -2.40. The van der Waals surface area contributed by atoms with Gasteiger partial charge in [-0.05, 0) is 37.5 Å². The average Bonchev–Trinajstić information content (AvgIpc) is 2.78. The van der Waals surface area contributed by atoms with Crippen molar-refractivity contribution in [3.05, 3.63) is 11.6 Å². The van der Waals surface area contributed by atoms with Gasteiger partial charge in [-0.2, -0.15) is 5.10 Å². The number of aryl methyl sites for hydroxylation is 1. The van der Waals surface area contributed by atoms with E-state index < -0.39 is 0 Å². The van der Waals surface area contributed by atoms with Crippen LogP contribution >= 0.6 is 0 Å². The summed E-state index contributed by atoms with van der Waals surface area (Å²) < 4.78 is 2.00. The van der Waals surface area contributed by atoms with E-state index in [1.54, 1.807) is 0 Å². The van der Waals surface area contributed by atoms with E-state index in [-0.39, 0.29) is 0 Å². The van der Waals surface area contributed by atoms with E-state index in [2.05, 4.69) is 24.3 Å². The Balaban J connectivity index is 1.71. The predicted octanol–water partition coefficient (Wildman–Crippen LogP) is 3.00. The van der Waals surface area contributed by atoms with Gasteiger partial charge in [-0.25, -0.2) is 4.98 Å². The van der Waals surface area contributed by atoms with Crippen molar-refractivity contribution < 1.29 is 0 Å². The summed E-state index contributed by atoms with van der Waals surface area (Å²) >= 11 is 0. The zero-order valence-electron chi connectivity index (χ0n) is 13.1. The molecule has 4 heteroatoms. The second-order valence-electron chi connectivity index (χ2n) is 7.06. The van der Waals surface area contributed by atoms with Crippen LogP contribution < -0.4 is 5.32 Å². The highest BCUT2D eigenvalue weighted by atomic mass is 15.3. The number of hydrogen-bond acceptors (Lipinski definition) is 3. The molecule has 0 aromatic carbocycles. The molecule has 2 aliphatic rings. The van der Waals surface area contributed by atoms with Gasteiger partial charge in [0.2, 0.25) is 0 Å². The van der Waals surface area contributed by atoms with Gasteiger partial charge in [-0.15, -0.1) is 0 Å². The average molecular weight is 276 g/mol. The van der Waals surface area contributed by atoms with E-state index in [1.165, 1.54) is 38.5 Å². The fraction of sp³-hybridized carbons (Fsp3) is 0.875. The predicted molar refractivity (Wildman–Crippen MR) is 80.4 cm³/mol. The third-order valence-electron chi connectivity index (χ3n) is 4.89. The van der Waals surface area contributed by atoms with Crippen LogP contribution in [0.5, 0.6) is 0 Å². The second kappa shape index (κ2) is 5.84. The lowest BCUT2D eigenvalue weighted by molar-refractivity contribution is 0.171. The lowest BCUT2D eigenvalue weighted by Crippen LogP contribution is -2.45. The number of hydrogen-bond donors (Lipinski definition) is 1. The highest BCUT2D eigenvalue weighted by Crippen LogP contribution is 2.36. The summed E-state index contributed by atoms with van der Waals surface area (Å²) in [6.07, 6.45) is 9.13. The van der Waals surface area contributed by atoms with Crippen LogP contribution in [-0.2, 0) is 13.5 Å². The van der Waals surface area contributed by atoms with E-state index in [0.717, 1.165) is 24.0 Å². The molecular weight excluding hydrogens is 248 g/mol. The summed E-state index contributed by atoms with van der Waals surface area (Å²) in [6, 6.07) is 1.13. The van der Waals surface area contributed by atoms with Crippen molar-refractivity contribution in [3.63, 3.8) is 0 Å². The molecule has 3 atom stereocenters. The van der Waals surface area contributed by atoms with Crippen molar-refractivity contribution in [1.82, 2.24) is 20.1 Å². The van der Waals surface area contributed by atoms with Crippen molar-refractivity contribution in [1.29, 1.82) is 0 Å². The summed E-state index contributed by atoms with van der Waals surface area (Å²) in [5, 5.41) is 8.45. The van der Waals surface area contributed by atoms with Crippen molar-refractivity contribution in [2.75, 3.05) is 0 Å². The van der Waals surface area contributed by atoms with E-state index in [1.807, 2.05) is 11.7 Å². The van der Waals surface area contributed by atoms with E-state index in [0.29, 0.717) is 18.0 Å². The van der Waals surface area contributed by atoms with Gasteiger partial charge in [-0.3, -0.25) is 4.68 Å². The summed E-state index contributed by atoms with van der Waals surface area (Å²) in [6.45, 7) is 4.45. The molecule has 1 saturated carbocycles. The van der Waals surface area contributed by atoms with Crippen LogP contribution in [0.4, 0.5) is 0 Å². The molecule has 3 unspecified atom stereocenters. The van der Waals surface area contributed by atoms with E-state index in [4.69, 9.17) is 4.98 Å². The van der Waals surface area contributed by atoms with Crippen LogP contribution in [0.2, 0.25) is 0 Å². The molecule has 1 saturated heterocycles. The van der Waals surface area contributed by atoms with Gasteiger partial charge in [0.1, 0.15) is 5.82 Å². The van der Waals surface area contributed by atoms with E-state index in [9.17, 15) is 0 Å². The minimum atomic E-state index is 0.410. The van der Waals surface area contributed by atoms with E-state index >= 15 is 0 Å². The Morgan fingerprint density at radius 3 is 2.80 bits per heavy atom. The van der Waals surface area contributed by atoms with Crippen molar-refractivity contribution in [3.8, 4) is 0 Å². The third kappa shape index (κ3) is 2.90. The Bertz CT molecular complexity index is 451. The molecule has 0 amide bonds. The maximum absolute atomic E-state index is 4.80. The van der Waals surface area contributed by atoms with Gasteiger partial charge in [0.25, 0.3) is 0 Å². The van der Waals surface area contributed by atoms with Crippen LogP contribution in [0.1, 0.15) is 70.1 Å². The molecule has 0 bridgehead atoms. The monoisotopic (exact) mass is 276 g/mol. The maximum atomic E-state index is 4.80. The van der Waals surface area contributed by atoms with Crippen molar-refractivity contribution in [2.24, 2.45) is 18.9 Å². The summed E-state index contributed by atoms with van der Waals surface area (Å²) in [5.41, 5.74) is 0. The molecule has 3 rings (SSSR count). The number of fused-ring (bicyclic) bond motifs is 1. The Labute approximate surface area is 122 Å². The van der Waals surface area contributed by atoms with Gasteiger partial charge >= 0.3 is 0 Å². The molecule has 112 valence electrons. The second-order valence-corrected chi connectivity index (χ2v) is 7.06. The van der Waals surface area contributed by atoms with Gasteiger partial charge in [0.05, 0.1) is 6.04 Å². The lowest BCUT2D eigenvalue weighted by atomic mass is 9.77. The van der Waals surface area contributed by atoms with Crippen LogP contribution in [0, 0.1) is 11.8 Å². The summed E-state index contributed by atoms with van der Waals surface area (Å²) in [5.74, 6) is 3.67. The first-order chi connectivity index (χ1) is 9.63. The van der Waals surface area contributed by atoms with Crippen LogP contribution in [0.15, 0.2) is 0 Å². The van der Waals surface area contributed by atoms with Crippen LogP contribution in [0.25, 0.3) is 0 Å². The molecule has 1 N–H and O–H groups in total. The maximum Gasteiger partial charge on any atom is 0.151 e. The van der Waals surface area contributed by atoms with Gasteiger partial charge < -0.3 is 5.32 Å². The molecule has 1 aromatic heterocycles. The molecule has 1 aliphatic carbocycles. The largest absolute Gasteiger partial charge is 0.304 e. The topological polar surface area (TPSA) is 42.7 Å². The first-order valence-electron chi connectivity index (χ1n) is 8.29. The van der Waals surface area contributed by atoms with Gasteiger partial charge in [0.15, 0.2) is 5.82 Å². The molecule has 1 aliphatic heterocycles. The normalized spacial score (nSPS) is 30.5. The van der Waals surface area contributed by atoms with Crippen molar-refractivity contribution >= 4 is 0 Å². The molecule has 4 nitrogen and oxygen atoms in total. The zero-order valence-corrected chi connectivity index (χ0v) is 13.1. The molecular formula is C16H28N4. The van der Waals surface area contributed by atoms with Crippen LogP contribution in [-0.4, -0.2) is 20.8 Å². The highest BCUT2D eigenvalue weighted by Gasteiger charge is 2.33. The quantitative estimate of drug-likeness (QED) is 0.923. The van der Waals surface area contributed by atoms with Gasteiger partial charge in [0, 0.05) is 19.5 Å². The molecule has 20 heavy (non-hydrogen) atoms. The number of nitrogens with one attached hydrogen (secondary N) is 1. The first kappa shape index (κ1) is 14.1. The molecule has 1 aromatic rings. The highest BCUT2D eigenvalue weighted by molar-refractivity contribution is 5.03. The number of piperidine rings is 1. The third-order valence-corrected chi connectivity index (χ3v) is 4.89. The fourth-order valence-electron chi connectivity index (χ4n) is 3.91. The standard InChI is InChI=1S/C16H28N4/c1-11(2)10-15-18-16(20(3)19-15)14-9-8-12-6-4-5-7-13(12)17-14/h11-14,17H,4-10H2,1-3H3. The first-order valence-corrected chi connectivity index (χ1v) is 8.29. The Morgan fingerprint density at radius 1 is 1.20 bits per heavy atom. The van der Waals surface area contributed by atoms with Crippen LogP contribution in [0.3, 0.4) is 0 Å². The summed E-state index contributed by atoms with van der Waals surface area (Å²) in [7, 11) is 2.04. The molecule has 2 fully saturated rings. The summed E-state index contributed by atoms with van der Waals surface area (Å²) in [4.78, 5) is 4.80. The Hall–Kier alpha value is -0.900. The minimum absolute atomic E-state index is 0.410. The smallest absolute Gasteiger partial charge is 0.151 e.